The smallest absolute Gasteiger partial charge is 0.178 e. The number of piperidine rings is 1. The summed E-state index contributed by atoms with van der Waals surface area (Å²) in [5.74, 6) is 3.47. The molecule has 0 atom stereocenters. The van der Waals surface area contributed by atoms with Crippen molar-refractivity contribution in [2.75, 3.05) is 23.3 Å². The maximum atomic E-state index is 4.74. The van der Waals surface area contributed by atoms with Gasteiger partial charge in [0.1, 0.15) is 18.0 Å². The van der Waals surface area contributed by atoms with Crippen molar-refractivity contribution >= 4 is 17.3 Å². The SMILES string of the molecule is CCc1cc(N2CCC(Nc3ccc4nnc(C5CC5)n4n3)CC2)ncn1. The van der Waals surface area contributed by atoms with Crippen LogP contribution in [0.2, 0.25) is 0 Å². The minimum atomic E-state index is 0.416. The van der Waals surface area contributed by atoms with E-state index in [4.69, 9.17) is 5.10 Å². The molecule has 140 valence electrons. The van der Waals surface area contributed by atoms with Crippen molar-refractivity contribution in [3.8, 4) is 0 Å². The standard InChI is InChI=1S/C19H24N8/c1-2-14-11-18(21-12-20-14)26-9-7-15(8-10-26)22-16-5-6-17-23-24-19(13-3-4-13)27(17)25-16/h5-6,11-13,15H,2-4,7-10H2,1H3,(H,22,25). The molecule has 1 saturated heterocycles. The molecular weight excluding hydrogens is 340 g/mol. The average Bonchev–Trinajstić information content (AvgIpc) is 3.48. The number of anilines is 2. The van der Waals surface area contributed by atoms with Gasteiger partial charge in [0.25, 0.3) is 0 Å². The van der Waals surface area contributed by atoms with Crippen LogP contribution < -0.4 is 10.2 Å². The van der Waals surface area contributed by atoms with Crippen molar-refractivity contribution in [3.05, 3.63) is 36.0 Å². The molecule has 1 aliphatic carbocycles. The molecule has 0 bridgehead atoms. The molecule has 1 aliphatic heterocycles. The zero-order valence-corrected chi connectivity index (χ0v) is 15.5. The predicted molar refractivity (Wildman–Crippen MR) is 103 cm³/mol. The summed E-state index contributed by atoms with van der Waals surface area (Å²) in [5.41, 5.74) is 1.92. The van der Waals surface area contributed by atoms with Crippen molar-refractivity contribution in [2.24, 2.45) is 0 Å². The van der Waals surface area contributed by atoms with E-state index in [1.54, 1.807) is 6.33 Å². The van der Waals surface area contributed by atoms with E-state index in [-0.39, 0.29) is 0 Å². The van der Waals surface area contributed by atoms with E-state index in [1.807, 2.05) is 16.6 Å². The molecule has 0 radical (unpaired) electrons. The third kappa shape index (κ3) is 3.31. The maximum Gasteiger partial charge on any atom is 0.178 e. The molecule has 4 heterocycles. The summed E-state index contributed by atoms with van der Waals surface area (Å²) in [6, 6.07) is 6.52. The molecule has 0 aromatic carbocycles. The van der Waals surface area contributed by atoms with Gasteiger partial charge in [0, 0.05) is 36.8 Å². The normalized spacial score (nSPS) is 18.2. The highest BCUT2D eigenvalue weighted by Gasteiger charge is 2.29. The van der Waals surface area contributed by atoms with Crippen molar-refractivity contribution < 1.29 is 0 Å². The molecule has 3 aromatic heterocycles. The summed E-state index contributed by atoms with van der Waals surface area (Å²) in [6.45, 7) is 4.09. The van der Waals surface area contributed by atoms with Crippen LogP contribution in [0.15, 0.2) is 24.5 Å². The van der Waals surface area contributed by atoms with Crippen LogP contribution in [0.1, 0.15) is 50.0 Å². The Bertz CT molecular complexity index is 940. The van der Waals surface area contributed by atoms with Gasteiger partial charge in [0.05, 0.1) is 0 Å². The summed E-state index contributed by atoms with van der Waals surface area (Å²) in [5, 5.41) is 16.9. The molecule has 2 aliphatic rings. The lowest BCUT2D eigenvalue weighted by molar-refractivity contribution is 0.521. The van der Waals surface area contributed by atoms with Gasteiger partial charge in [0.2, 0.25) is 0 Å². The van der Waals surface area contributed by atoms with E-state index in [0.29, 0.717) is 12.0 Å². The van der Waals surface area contributed by atoms with Gasteiger partial charge in [-0.3, -0.25) is 0 Å². The molecule has 3 aromatic rings. The molecule has 1 saturated carbocycles. The fourth-order valence-corrected chi connectivity index (χ4v) is 3.69. The van der Waals surface area contributed by atoms with Gasteiger partial charge in [-0.15, -0.1) is 15.3 Å². The highest BCUT2D eigenvalue weighted by atomic mass is 15.4. The second-order valence-corrected chi connectivity index (χ2v) is 7.45. The van der Waals surface area contributed by atoms with Crippen LogP contribution >= 0.6 is 0 Å². The number of hydrogen-bond acceptors (Lipinski definition) is 7. The Hall–Kier alpha value is -2.77. The lowest BCUT2D eigenvalue weighted by atomic mass is 10.0. The van der Waals surface area contributed by atoms with Crippen molar-refractivity contribution in [1.82, 2.24) is 29.8 Å². The lowest BCUT2D eigenvalue weighted by Gasteiger charge is -2.33. The highest BCUT2D eigenvalue weighted by Crippen LogP contribution is 2.38. The molecule has 27 heavy (non-hydrogen) atoms. The quantitative estimate of drug-likeness (QED) is 0.744. The Labute approximate surface area is 158 Å². The molecule has 8 nitrogen and oxygen atoms in total. The number of rotatable bonds is 5. The van der Waals surface area contributed by atoms with E-state index in [1.165, 1.54) is 12.8 Å². The van der Waals surface area contributed by atoms with Crippen molar-refractivity contribution in [1.29, 1.82) is 0 Å². The van der Waals surface area contributed by atoms with Gasteiger partial charge in [-0.1, -0.05) is 6.92 Å². The Morgan fingerprint density at radius 2 is 1.93 bits per heavy atom. The van der Waals surface area contributed by atoms with Crippen molar-refractivity contribution in [2.45, 2.75) is 51.0 Å². The third-order valence-electron chi connectivity index (χ3n) is 5.47. The van der Waals surface area contributed by atoms with E-state index in [2.05, 4.69) is 43.4 Å². The molecule has 5 rings (SSSR count). The van der Waals surface area contributed by atoms with Crippen LogP contribution in [-0.2, 0) is 6.42 Å². The number of hydrogen-bond donors (Lipinski definition) is 1. The topological polar surface area (TPSA) is 84.1 Å². The summed E-state index contributed by atoms with van der Waals surface area (Å²) < 4.78 is 1.91. The van der Waals surface area contributed by atoms with Gasteiger partial charge in [-0.2, -0.15) is 4.52 Å². The summed E-state index contributed by atoms with van der Waals surface area (Å²) >= 11 is 0. The van der Waals surface area contributed by atoms with Crippen LogP contribution in [-0.4, -0.2) is 48.9 Å². The number of fused-ring (bicyclic) bond motifs is 1. The monoisotopic (exact) mass is 364 g/mol. The first kappa shape index (κ1) is 16.4. The number of nitrogens with one attached hydrogen (secondary N) is 1. The van der Waals surface area contributed by atoms with Crippen LogP contribution in [0.4, 0.5) is 11.6 Å². The van der Waals surface area contributed by atoms with Gasteiger partial charge in [-0.25, -0.2) is 9.97 Å². The first-order chi connectivity index (χ1) is 13.3. The molecule has 8 heteroatoms. The Morgan fingerprint density at radius 1 is 1.07 bits per heavy atom. The first-order valence-corrected chi connectivity index (χ1v) is 9.85. The largest absolute Gasteiger partial charge is 0.366 e. The molecule has 0 amide bonds. The van der Waals surface area contributed by atoms with Crippen molar-refractivity contribution in [3.63, 3.8) is 0 Å². The number of aryl methyl sites for hydroxylation is 1. The molecule has 1 N–H and O–H groups in total. The summed E-state index contributed by atoms with van der Waals surface area (Å²) in [4.78, 5) is 11.1. The Morgan fingerprint density at radius 3 is 2.70 bits per heavy atom. The minimum Gasteiger partial charge on any atom is -0.366 e. The van der Waals surface area contributed by atoms with Crippen LogP contribution in [0, 0.1) is 0 Å². The Kier molecular flexibility index (Phi) is 4.10. The third-order valence-corrected chi connectivity index (χ3v) is 5.47. The molecule has 2 fully saturated rings. The van der Waals surface area contributed by atoms with Crippen LogP contribution in [0.25, 0.3) is 5.65 Å². The predicted octanol–water partition coefficient (Wildman–Crippen LogP) is 2.44. The lowest BCUT2D eigenvalue weighted by Crippen LogP contribution is -2.39. The second-order valence-electron chi connectivity index (χ2n) is 7.45. The maximum absolute atomic E-state index is 4.74. The van der Waals surface area contributed by atoms with Gasteiger partial charge >= 0.3 is 0 Å². The Balaban J connectivity index is 1.25. The van der Waals surface area contributed by atoms with Crippen LogP contribution in [0.3, 0.4) is 0 Å². The van der Waals surface area contributed by atoms with E-state index in [0.717, 1.165) is 61.2 Å². The molecule has 0 unspecified atom stereocenters. The highest BCUT2D eigenvalue weighted by molar-refractivity contribution is 5.45. The van der Waals surface area contributed by atoms with Crippen LogP contribution in [0.5, 0.6) is 0 Å². The second kappa shape index (κ2) is 6.75. The van der Waals surface area contributed by atoms with E-state index >= 15 is 0 Å². The fraction of sp³-hybridized carbons (Fsp3) is 0.526. The van der Waals surface area contributed by atoms with Gasteiger partial charge < -0.3 is 10.2 Å². The summed E-state index contributed by atoms with van der Waals surface area (Å²) in [6.07, 6.45) is 7.12. The van der Waals surface area contributed by atoms with Gasteiger partial charge in [-0.05, 0) is 44.2 Å². The van der Waals surface area contributed by atoms with E-state index in [9.17, 15) is 0 Å². The van der Waals surface area contributed by atoms with E-state index < -0.39 is 0 Å². The number of aromatic nitrogens is 6. The average molecular weight is 364 g/mol. The molecule has 0 spiro atoms. The van der Waals surface area contributed by atoms with Gasteiger partial charge in [0.15, 0.2) is 11.5 Å². The zero-order chi connectivity index (χ0) is 18.2. The fourth-order valence-electron chi connectivity index (χ4n) is 3.69. The molecular formula is C19H24N8. The zero-order valence-electron chi connectivity index (χ0n) is 15.5. The summed E-state index contributed by atoms with van der Waals surface area (Å²) in [7, 11) is 0. The number of nitrogens with zero attached hydrogens (tertiary/aromatic N) is 7. The minimum absolute atomic E-state index is 0.416. The first-order valence-electron chi connectivity index (χ1n) is 9.85.